The van der Waals surface area contributed by atoms with Gasteiger partial charge in [-0.05, 0) is 62.9 Å². The number of hydrogen-bond donors (Lipinski definition) is 1. The molecule has 0 spiro atoms. The quantitative estimate of drug-likeness (QED) is 0.653. The Morgan fingerprint density at radius 3 is 2.63 bits per heavy atom. The molecular weight excluding hydrogens is 382 g/mol. The lowest BCUT2D eigenvalue weighted by atomic mass is 10.0. The number of aryl methyl sites for hydroxylation is 3. The zero-order chi connectivity index (χ0) is 22.0. The monoisotopic (exact) mass is 405 g/mol. The summed E-state index contributed by atoms with van der Waals surface area (Å²) in [6, 6.07) is 5.54. The van der Waals surface area contributed by atoms with E-state index in [0.29, 0.717) is 28.9 Å². The molecule has 1 amide bonds. The molecule has 0 saturated carbocycles. The van der Waals surface area contributed by atoms with E-state index in [1.165, 1.54) is 13.3 Å². The summed E-state index contributed by atoms with van der Waals surface area (Å²) in [5.41, 5.74) is 6.17. The van der Waals surface area contributed by atoms with E-state index in [-0.39, 0.29) is 12.3 Å². The predicted octanol–water partition coefficient (Wildman–Crippen LogP) is 3.19. The molecule has 0 atom stereocenters. The largest absolute Gasteiger partial charge is 0.465 e. The van der Waals surface area contributed by atoms with E-state index in [0.717, 1.165) is 28.1 Å². The molecule has 0 aliphatic carbocycles. The minimum Gasteiger partial charge on any atom is -0.465 e. The van der Waals surface area contributed by atoms with Crippen molar-refractivity contribution >= 4 is 23.2 Å². The molecule has 0 unspecified atom stereocenters. The van der Waals surface area contributed by atoms with Crippen LogP contribution < -0.4 is 5.32 Å². The zero-order valence-corrected chi connectivity index (χ0v) is 17.7. The molecule has 0 fully saturated rings. The number of benzene rings is 1. The molecule has 8 nitrogen and oxygen atoms in total. The normalized spacial score (nSPS) is 10.7. The van der Waals surface area contributed by atoms with Crippen molar-refractivity contribution in [1.82, 2.24) is 14.6 Å². The average Bonchev–Trinajstić information content (AvgIpc) is 3.12. The Morgan fingerprint density at radius 1 is 1.23 bits per heavy atom. The van der Waals surface area contributed by atoms with Gasteiger partial charge in [-0.25, -0.2) is 14.3 Å². The summed E-state index contributed by atoms with van der Waals surface area (Å²) >= 11 is 0. The van der Waals surface area contributed by atoms with Crippen molar-refractivity contribution < 1.29 is 14.3 Å². The number of amides is 1. The van der Waals surface area contributed by atoms with Crippen LogP contribution in [-0.4, -0.2) is 33.6 Å². The highest BCUT2D eigenvalue weighted by Crippen LogP contribution is 2.22. The number of nitriles is 1. The molecule has 3 rings (SSSR count). The molecule has 3 aromatic rings. The molecule has 1 N–H and O–H groups in total. The highest BCUT2D eigenvalue weighted by molar-refractivity contribution is 5.96. The van der Waals surface area contributed by atoms with Crippen LogP contribution in [0, 0.1) is 39.0 Å². The molecule has 0 radical (unpaired) electrons. The van der Waals surface area contributed by atoms with Crippen molar-refractivity contribution in [3.05, 3.63) is 57.5 Å². The molecule has 0 aliphatic rings. The molecule has 2 aromatic heterocycles. The summed E-state index contributed by atoms with van der Waals surface area (Å²) in [6.07, 6.45) is 2.20. The predicted molar refractivity (Wildman–Crippen MR) is 111 cm³/mol. The third kappa shape index (κ3) is 3.87. The van der Waals surface area contributed by atoms with E-state index in [2.05, 4.69) is 21.5 Å². The SMILES string of the molecule is COC(=O)c1cc(NC(=O)CCc2c(C)nc3c(C#N)cnn3c2C)cc(C)c1C. The van der Waals surface area contributed by atoms with Crippen molar-refractivity contribution in [1.29, 1.82) is 5.26 Å². The van der Waals surface area contributed by atoms with Crippen LogP contribution in [0.2, 0.25) is 0 Å². The highest BCUT2D eigenvalue weighted by Gasteiger charge is 2.16. The second kappa shape index (κ2) is 8.33. The van der Waals surface area contributed by atoms with Gasteiger partial charge in [0.05, 0.1) is 18.9 Å². The Labute approximate surface area is 174 Å². The first-order valence-electron chi connectivity index (χ1n) is 9.50. The van der Waals surface area contributed by atoms with E-state index in [1.54, 1.807) is 10.6 Å². The third-order valence-corrected chi connectivity index (χ3v) is 5.29. The number of methoxy groups -OCH3 is 1. The van der Waals surface area contributed by atoms with Crippen LogP contribution in [0.5, 0.6) is 0 Å². The number of hydrogen-bond acceptors (Lipinski definition) is 6. The minimum atomic E-state index is -0.437. The third-order valence-electron chi connectivity index (χ3n) is 5.29. The molecule has 0 bridgehead atoms. The first-order chi connectivity index (χ1) is 14.3. The van der Waals surface area contributed by atoms with Gasteiger partial charge in [-0.2, -0.15) is 10.4 Å². The second-order valence-corrected chi connectivity index (χ2v) is 7.17. The first-order valence-corrected chi connectivity index (χ1v) is 9.50. The van der Waals surface area contributed by atoms with E-state index in [4.69, 9.17) is 4.74 Å². The van der Waals surface area contributed by atoms with Gasteiger partial charge in [0.15, 0.2) is 5.65 Å². The Bertz CT molecular complexity index is 1200. The molecule has 0 aliphatic heterocycles. The summed E-state index contributed by atoms with van der Waals surface area (Å²) in [6.45, 7) is 7.48. The van der Waals surface area contributed by atoms with Crippen LogP contribution in [0.4, 0.5) is 5.69 Å². The number of fused-ring (bicyclic) bond motifs is 1. The molecule has 2 heterocycles. The van der Waals surface area contributed by atoms with Gasteiger partial charge in [0.2, 0.25) is 5.91 Å². The number of nitrogens with zero attached hydrogens (tertiary/aromatic N) is 4. The van der Waals surface area contributed by atoms with Gasteiger partial charge in [0, 0.05) is 23.5 Å². The van der Waals surface area contributed by atoms with Gasteiger partial charge in [0.25, 0.3) is 0 Å². The summed E-state index contributed by atoms with van der Waals surface area (Å²) < 4.78 is 6.45. The molecule has 1 aromatic carbocycles. The highest BCUT2D eigenvalue weighted by atomic mass is 16.5. The number of rotatable bonds is 5. The lowest BCUT2D eigenvalue weighted by Crippen LogP contribution is -2.15. The summed E-state index contributed by atoms with van der Waals surface area (Å²) in [4.78, 5) is 29.0. The molecule has 30 heavy (non-hydrogen) atoms. The van der Waals surface area contributed by atoms with Gasteiger partial charge < -0.3 is 10.1 Å². The summed E-state index contributed by atoms with van der Waals surface area (Å²) in [5, 5.41) is 16.3. The first kappa shape index (κ1) is 21.0. The topological polar surface area (TPSA) is 109 Å². The fourth-order valence-electron chi connectivity index (χ4n) is 3.47. The van der Waals surface area contributed by atoms with Crippen LogP contribution in [-0.2, 0) is 16.0 Å². The van der Waals surface area contributed by atoms with Crippen molar-refractivity contribution in [2.45, 2.75) is 40.5 Å². The van der Waals surface area contributed by atoms with Crippen molar-refractivity contribution in [2.24, 2.45) is 0 Å². The standard InChI is InChI=1S/C22H23N5O3/c1-12-8-17(9-19(13(12)2)22(29)30-5)26-20(28)7-6-18-14(3)25-21-16(10-23)11-24-27(21)15(18)4/h8-9,11H,6-7H2,1-5H3,(H,26,28). The summed E-state index contributed by atoms with van der Waals surface area (Å²) in [7, 11) is 1.33. The minimum absolute atomic E-state index is 0.175. The van der Waals surface area contributed by atoms with Gasteiger partial charge in [0.1, 0.15) is 11.6 Å². The number of anilines is 1. The van der Waals surface area contributed by atoms with Gasteiger partial charge in [-0.15, -0.1) is 0 Å². The van der Waals surface area contributed by atoms with Crippen molar-refractivity contribution in [3.8, 4) is 6.07 Å². The van der Waals surface area contributed by atoms with Crippen LogP contribution in [0.3, 0.4) is 0 Å². The van der Waals surface area contributed by atoms with Gasteiger partial charge in [-0.3, -0.25) is 4.79 Å². The fraction of sp³-hybridized carbons (Fsp3) is 0.318. The van der Waals surface area contributed by atoms with Crippen molar-refractivity contribution in [2.75, 3.05) is 12.4 Å². The molecule has 8 heteroatoms. The lowest BCUT2D eigenvalue weighted by molar-refractivity contribution is -0.116. The average molecular weight is 405 g/mol. The molecular formula is C22H23N5O3. The lowest BCUT2D eigenvalue weighted by Gasteiger charge is -2.13. The maximum atomic E-state index is 12.6. The smallest absolute Gasteiger partial charge is 0.338 e. The maximum absolute atomic E-state index is 12.6. The van der Waals surface area contributed by atoms with Crippen LogP contribution in [0.25, 0.3) is 5.65 Å². The number of carbonyl (C=O) groups excluding carboxylic acids is 2. The van der Waals surface area contributed by atoms with Crippen LogP contribution in [0.15, 0.2) is 18.3 Å². The van der Waals surface area contributed by atoms with Crippen LogP contribution >= 0.6 is 0 Å². The number of esters is 1. The zero-order valence-electron chi connectivity index (χ0n) is 17.7. The Kier molecular flexibility index (Phi) is 5.83. The molecule has 154 valence electrons. The maximum Gasteiger partial charge on any atom is 0.338 e. The number of carbonyl (C=O) groups is 2. The fourth-order valence-corrected chi connectivity index (χ4v) is 3.47. The van der Waals surface area contributed by atoms with E-state index >= 15 is 0 Å². The van der Waals surface area contributed by atoms with E-state index in [1.807, 2.05) is 33.8 Å². The number of ether oxygens (including phenoxy) is 1. The van der Waals surface area contributed by atoms with E-state index in [9.17, 15) is 14.9 Å². The molecule has 0 saturated heterocycles. The Balaban J connectivity index is 1.78. The van der Waals surface area contributed by atoms with Crippen LogP contribution in [0.1, 0.15) is 50.4 Å². The Morgan fingerprint density at radius 2 is 1.97 bits per heavy atom. The number of nitrogens with one attached hydrogen (secondary N) is 1. The number of aromatic nitrogens is 3. The van der Waals surface area contributed by atoms with Gasteiger partial charge in [-0.1, -0.05) is 0 Å². The Hall–Kier alpha value is -3.73. The van der Waals surface area contributed by atoms with E-state index < -0.39 is 5.97 Å². The second-order valence-electron chi connectivity index (χ2n) is 7.17. The summed E-state index contributed by atoms with van der Waals surface area (Å²) in [5.74, 6) is -0.612. The van der Waals surface area contributed by atoms with Crippen molar-refractivity contribution in [3.63, 3.8) is 0 Å². The van der Waals surface area contributed by atoms with Gasteiger partial charge >= 0.3 is 5.97 Å².